The van der Waals surface area contributed by atoms with Gasteiger partial charge in [0.05, 0.1) is 0 Å². The third-order valence-electron chi connectivity index (χ3n) is 6.03. The predicted molar refractivity (Wildman–Crippen MR) is 119 cm³/mol. The normalized spacial score (nSPS) is 13.9. The Morgan fingerprint density at radius 1 is 0.519 bits per heavy atom. The molecule has 1 aliphatic heterocycles. The van der Waals surface area contributed by atoms with Gasteiger partial charge in [-0.05, 0) is 0 Å². The first-order valence-electron chi connectivity index (χ1n) is 9.55. The Hall–Kier alpha value is -2.58. The molecule has 0 nitrogen and oxygen atoms in total. The molecule has 4 aromatic carbocycles. The van der Waals surface area contributed by atoms with Gasteiger partial charge >= 0.3 is 164 Å². The van der Waals surface area contributed by atoms with Crippen molar-refractivity contribution in [1.82, 2.24) is 0 Å². The summed E-state index contributed by atoms with van der Waals surface area (Å²) >= 11 is -2.81. The predicted octanol–water partition coefficient (Wildman–Crippen LogP) is 4.74. The fourth-order valence-electron chi connectivity index (χ4n) is 4.67. The van der Waals surface area contributed by atoms with E-state index in [0.29, 0.717) is 0 Å². The van der Waals surface area contributed by atoms with Crippen molar-refractivity contribution >= 4 is 26.5 Å². The van der Waals surface area contributed by atoms with Crippen LogP contribution in [0.5, 0.6) is 0 Å². The first-order chi connectivity index (χ1) is 13.2. The first kappa shape index (κ1) is 16.6. The summed E-state index contributed by atoms with van der Waals surface area (Å²) in [6, 6.07) is 36.3. The Bertz CT molecular complexity index is 1090. The molecule has 0 spiro atoms. The van der Waals surface area contributed by atoms with E-state index in [4.69, 9.17) is 0 Å². The zero-order valence-electron chi connectivity index (χ0n) is 15.7. The molecule has 0 fully saturated rings. The van der Waals surface area contributed by atoms with E-state index in [-0.39, 0.29) is 0 Å². The molecule has 0 bridgehead atoms. The molecule has 5 rings (SSSR count). The number of hydrogen-bond acceptors (Lipinski definition) is 0. The van der Waals surface area contributed by atoms with Crippen LogP contribution in [0.4, 0.5) is 0 Å². The van der Waals surface area contributed by atoms with Crippen LogP contribution in [0.1, 0.15) is 5.56 Å². The fourth-order valence-corrected chi connectivity index (χ4v) is 13.5. The van der Waals surface area contributed by atoms with Crippen molar-refractivity contribution in [2.45, 2.75) is 12.7 Å². The van der Waals surface area contributed by atoms with Crippen LogP contribution >= 0.6 is 0 Å². The minimum absolute atomic E-state index is 1.34. The molecule has 0 radical (unpaired) electrons. The quantitative estimate of drug-likeness (QED) is 0.400. The maximum atomic E-state index is 2.57. The molecule has 0 aliphatic carbocycles. The Morgan fingerprint density at radius 2 is 1.00 bits per heavy atom. The van der Waals surface area contributed by atoms with Gasteiger partial charge < -0.3 is 0 Å². The molecule has 4 aromatic rings. The van der Waals surface area contributed by atoms with Gasteiger partial charge in [0.15, 0.2) is 0 Å². The second-order valence-corrected chi connectivity index (χ2v) is 15.8. The maximum absolute atomic E-state index is 2.81. The van der Waals surface area contributed by atoms with E-state index in [2.05, 4.69) is 110 Å². The van der Waals surface area contributed by atoms with Crippen LogP contribution in [0.25, 0.3) is 22.3 Å². The first-order valence-corrected chi connectivity index (χ1v) is 14.8. The van der Waals surface area contributed by atoms with Gasteiger partial charge in [-0.1, -0.05) is 0 Å². The van der Waals surface area contributed by atoms with Crippen molar-refractivity contribution in [3.8, 4) is 22.3 Å². The zero-order chi connectivity index (χ0) is 18.4. The van der Waals surface area contributed by atoms with Gasteiger partial charge in [-0.15, -0.1) is 0 Å². The molecule has 0 saturated carbocycles. The standard InChI is InChI=1S/C26H22Ge/c1-19-10-9-11-20(18-19)27(2)25-16-7-5-14-23(25)21-12-3-4-13-22(21)24-15-6-8-17-26(24)27/h3-18H,1-2H3. The van der Waals surface area contributed by atoms with Crippen LogP contribution in [0.15, 0.2) is 97.1 Å². The molecule has 0 saturated heterocycles. The fraction of sp³-hybridized carbons (Fsp3) is 0.0769. The number of hydrogen-bond donors (Lipinski definition) is 0. The molecule has 1 aliphatic rings. The number of rotatable bonds is 1. The van der Waals surface area contributed by atoms with Crippen molar-refractivity contribution in [2.75, 3.05) is 0 Å². The van der Waals surface area contributed by atoms with Crippen LogP contribution in [0.3, 0.4) is 0 Å². The van der Waals surface area contributed by atoms with Crippen molar-refractivity contribution in [1.29, 1.82) is 0 Å². The number of benzene rings is 4. The van der Waals surface area contributed by atoms with E-state index in [9.17, 15) is 0 Å². The van der Waals surface area contributed by atoms with Gasteiger partial charge in [0.2, 0.25) is 0 Å². The molecule has 27 heavy (non-hydrogen) atoms. The summed E-state index contributed by atoms with van der Waals surface area (Å²) in [7, 11) is 0. The van der Waals surface area contributed by atoms with E-state index >= 15 is 0 Å². The van der Waals surface area contributed by atoms with Crippen molar-refractivity contribution in [3.05, 3.63) is 103 Å². The summed E-state index contributed by atoms with van der Waals surface area (Å²) in [5, 5.41) is 0. The van der Waals surface area contributed by atoms with E-state index in [1.807, 2.05) is 0 Å². The molecule has 130 valence electrons. The van der Waals surface area contributed by atoms with E-state index < -0.39 is 13.3 Å². The van der Waals surface area contributed by atoms with E-state index in [1.54, 1.807) is 8.79 Å². The molecule has 0 aromatic heterocycles. The molecule has 1 heterocycles. The average Bonchev–Trinajstić information content (AvgIpc) is 2.82. The Balaban J connectivity index is 1.98. The van der Waals surface area contributed by atoms with Crippen LogP contribution in [0, 0.1) is 6.92 Å². The van der Waals surface area contributed by atoms with Gasteiger partial charge in [-0.25, -0.2) is 0 Å². The second kappa shape index (κ2) is 6.25. The molecular formula is C26H22Ge. The van der Waals surface area contributed by atoms with Crippen LogP contribution in [-0.2, 0) is 0 Å². The average molecular weight is 407 g/mol. The summed E-state index contributed by atoms with van der Waals surface area (Å²) in [6.45, 7) is 2.21. The van der Waals surface area contributed by atoms with Gasteiger partial charge in [-0.3, -0.25) is 0 Å². The van der Waals surface area contributed by atoms with E-state index in [1.165, 1.54) is 32.2 Å². The summed E-state index contributed by atoms with van der Waals surface area (Å²) in [5.41, 5.74) is 6.89. The van der Waals surface area contributed by atoms with Crippen LogP contribution in [-0.4, -0.2) is 13.3 Å². The third kappa shape index (κ3) is 2.44. The molecule has 0 amide bonds. The van der Waals surface area contributed by atoms with Gasteiger partial charge in [0, 0.05) is 0 Å². The van der Waals surface area contributed by atoms with Crippen molar-refractivity contribution < 1.29 is 0 Å². The van der Waals surface area contributed by atoms with Gasteiger partial charge in [0.1, 0.15) is 0 Å². The van der Waals surface area contributed by atoms with Crippen molar-refractivity contribution in [3.63, 3.8) is 0 Å². The topological polar surface area (TPSA) is 0 Å². The molecule has 0 atom stereocenters. The molecular weight excluding hydrogens is 385 g/mol. The minimum atomic E-state index is -2.81. The summed E-state index contributed by atoms with van der Waals surface area (Å²) < 4.78 is 4.64. The third-order valence-corrected chi connectivity index (χ3v) is 15.5. The SMILES string of the molecule is Cc1ccc[c]([Ge]2([CH3])[c]3ccccc3-c3ccccc3-c3cccc[c]32)c1. The molecule has 0 unspecified atom stereocenters. The monoisotopic (exact) mass is 408 g/mol. The Kier molecular flexibility index (Phi) is 3.84. The van der Waals surface area contributed by atoms with E-state index in [0.717, 1.165) is 0 Å². The Morgan fingerprint density at radius 3 is 1.52 bits per heavy atom. The summed E-state index contributed by atoms with van der Waals surface area (Å²) in [5.74, 6) is 2.57. The molecule has 1 heteroatoms. The van der Waals surface area contributed by atoms with Gasteiger partial charge in [0.25, 0.3) is 0 Å². The zero-order valence-corrected chi connectivity index (χ0v) is 17.8. The number of fused-ring (bicyclic) bond motifs is 5. The van der Waals surface area contributed by atoms with Crippen molar-refractivity contribution in [2.24, 2.45) is 0 Å². The summed E-state index contributed by atoms with van der Waals surface area (Å²) in [4.78, 5) is 0. The number of aryl methyl sites for hydroxylation is 1. The summed E-state index contributed by atoms with van der Waals surface area (Å²) in [6.07, 6.45) is 0. The molecule has 0 N–H and O–H groups in total. The second-order valence-electron chi connectivity index (χ2n) is 7.63. The van der Waals surface area contributed by atoms with Crippen LogP contribution < -0.4 is 13.2 Å². The van der Waals surface area contributed by atoms with Gasteiger partial charge in [-0.2, -0.15) is 0 Å². The Labute approximate surface area is 163 Å². The van der Waals surface area contributed by atoms with Crippen LogP contribution in [0.2, 0.25) is 5.76 Å².